The number of amides is 1. The summed E-state index contributed by atoms with van der Waals surface area (Å²) in [6.45, 7) is 3.10. The quantitative estimate of drug-likeness (QED) is 0.230. The van der Waals surface area contributed by atoms with Crippen LogP contribution in [0.1, 0.15) is 13.3 Å². The van der Waals surface area contributed by atoms with Crippen molar-refractivity contribution in [3.63, 3.8) is 0 Å². The molecule has 2 aromatic rings. The first-order chi connectivity index (χ1) is 19.4. The lowest BCUT2D eigenvalue weighted by Crippen LogP contribution is -2.65. The van der Waals surface area contributed by atoms with Crippen molar-refractivity contribution in [3.05, 3.63) is 60.9 Å². The summed E-state index contributed by atoms with van der Waals surface area (Å²) in [6, 6.07) is 10.8. The third-order valence-corrected chi connectivity index (χ3v) is 9.91. The number of allylic oxidation sites excluding steroid dienone is 1. The minimum atomic E-state index is -1.41. The average molecular weight is 588 g/mol. The van der Waals surface area contributed by atoms with Gasteiger partial charge in [-0.15, -0.1) is 23.5 Å². The topological polar surface area (TPSA) is 133 Å². The van der Waals surface area contributed by atoms with E-state index in [1.54, 1.807) is 12.5 Å². The Morgan fingerprint density at radius 3 is 2.62 bits per heavy atom. The number of pyridine rings is 1. The number of hydrogen-bond acceptors (Lipinski definition) is 10. The number of aliphatic hydroxyl groups excluding tert-OH is 3. The number of carbonyl (C=O) groups excluding carboxylic acids is 1. The van der Waals surface area contributed by atoms with E-state index >= 15 is 0 Å². The highest BCUT2D eigenvalue weighted by molar-refractivity contribution is 8.00. The zero-order valence-electron chi connectivity index (χ0n) is 22.5. The Labute approximate surface area is 243 Å². The third-order valence-electron chi connectivity index (χ3n) is 7.84. The number of fused-ring (bicyclic) bond motifs is 1. The fourth-order valence-corrected chi connectivity index (χ4v) is 7.38. The lowest BCUT2D eigenvalue weighted by atomic mass is 9.92. The van der Waals surface area contributed by atoms with Crippen LogP contribution >= 0.6 is 23.5 Å². The van der Waals surface area contributed by atoms with Gasteiger partial charge in [-0.1, -0.05) is 37.3 Å². The maximum absolute atomic E-state index is 13.7. The number of aromatic nitrogens is 1. The molecule has 4 heterocycles. The molecule has 2 saturated heterocycles. The molecule has 3 aliphatic rings. The fraction of sp³-hybridized carbons (Fsp3) is 0.517. The van der Waals surface area contributed by atoms with Gasteiger partial charge in [0, 0.05) is 35.0 Å². The van der Waals surface area contributed by atoms with Crippen LogP contribution in [0.5, 0.6) is 0 Å². The van der Waals surface area contributed by atoms with Gasteiger partial charge in [0.25, 0.3) is 0 Å². The first-order valence-corrected chi connectivity index (χ1v) is 15.7. The zero-order chi connectivity index (χ0) is 28.2. The molecule has 2 unspecified atom stereocenters. The van der Waals surface area contributed by atoms with Gasteiger partial charge in [-0.25, -0.2) is 0 Å². The van der Waals surface area contributed by atoms with E-state index < -0.39 is 41.9 Å². The maximum atomic E-state index is 13.7. The van der Waals surface area contributed by atoms with Gasteiger partial charge in [0.2, 0.25) is 5.91 Å². The van der Waals surface area contributed by atoms with Gasteiger partial charge in [0.1, 0.15) is 35.9 Å². The molecule has 0 bridgehead atoms. The number of thioether (sulfide) groups is 2. The Hall–Kier alpha value is -1.96. The zero-order valence-corrected chi connectivity index (χ0v) is 24.1. The number of carbonyl (C=O) groups is 1. The van der Waals surface area contributed by atoms with Crippen molar-refractivity contribution < 1.29 is 29.6 Å². The number of ether oxygens (including phenoxy) is 2. The van der Waals surface area contributed by atoms with Gasteiger partial charge < -0.3 is 35.4 Å². The molecule has 10 atom stereocenters. The molecule has 11 heteroatoms. The summed E-state index contributed by atoms with van der Waals surface area (Å²) in [7, 11) is 0. The van der Waals surface area contributed by atoms with E-state index in [4.69, 9.17) is 9.47 Å². The van der Waals surface area contributed by atoms with Gasteiger partial charge in [-0.05, 0) is 42.0 Å². The third kappa shape index (κ3) is 6.42. The van der Waals surface area contributed by atoms with E-state index in [1.807, 2.05) is 55.6 Å². The summed E-state index contributed by atoms with van der Waals surface area (Å²) < 4.78 is 12.1. The van der Waals surface area contributed by atoms with Crippen LogP contribution in [-0.2, 0) is 14.3 Å². The minimum Gasteiger partial charge on any atom is -0.388 e. The van der Waals surface area contributed by atoms with Crippen molar-refractivity contribution in [2.45, 2.75) is 71.5 Å². The largest absolute Gasteiger partial charge is 0.388 e. The Kier molecular flexibility index (Phi) is 9.85. The van der Waals surface area contributed by atoms with E-state index in [-0.39, 0.29) is 23.2 Å². The molecule has 0 spiro atoms. The van der Waals surface area contributed by atoms with Gasteiger partial charge in [0.15, 0.2) is 0 Å². The molecule has 9 nitrogen and oxygen atoms in total. The molecule has 1 aromatic heterocycles. The standard InChI is InChI=1S/C29H37N3O6S2/c1-16(40-20-10-8-17(9-11-20)18-7-5-12-30-14-18)21(27-24(34)23(33)25(35)29(38-27)39-2)32-28(36)22-26-19(15-31-22)6-3-4-13-37-26/h3-5,7-12,14,16,19,21-27,29,31,33-35H,6,13,15H2,1-2H3,(H,32,36)/t16-,19-,21+,22-,23?,24-,25+,26+,27+,29?/m0/s1. The maximum Gasteiger partial charge on any atom is 0.240 e. The summed E-state index contributed by atoms with van der Waals surface area (Å²) in [5.41, 5.74) is 1.31. The van der Waals surface area contributed by atoms with Gasteiger partial charge in [-0.2, -0.15) is 0 Å². The molecule has 216 valence electrons. The number of rotatable bonds is 8. The van der Waals surface area contributed by atoms with E-state index in [0.29, 0.717) is 13.2 Å². The van der Waals surface area contributed by atoms with Crippen LogP contribution in [0.2, 0.25) is 0 Å². The number of hydrogen-bond donors (Lipinski definition) is 5. The lowest BCUT2D eigenvalue weighted by Gasteiger charge is -2.44. The van der Waals surface area contributed by atoms with Crippen molar-refractivity contribution in [1.82, 2.24) is 15.6 Å². The molecule has 1 aromatic carbocycles. The molecule has 40 heavy (non-hydrogen) atoms. The molecule has 0 saturated carbocycles. The second-order valence-corrected chi connectivity index (χ2v) is 12.8. The van der Waals surface area contributed by atoms with Crippen molar-refractivity contribution in [2.75, 3.05) is 19.4 Å². The fourth-order valence-electron chi connectivity index (χ4n) is 5.61. The average Bonchev–Trinajstić information content (AvgIpc) is 3.24. The second-order valence-electron chi connectivity index (χ2n) is 10.5. The highest BCUT2D eigenvalue weighted by Crippen LogP contribution is 2.35. The van der Waals surface area contributed by atoms with Gasteiger partial charge >= 0.3 is 0 Å². The Morgan fingerprint density at radius 1 is 1.10 bits per heavy atom. The predicted octanol–water partition coefficient (Wildman–Crippen LogP) is 1.82. The van der Waals surface area contributed by atoms with Crippen LogP contribution in [0.3, 0.4) is 0 Å². The summed E-state index contributed by atoms with van der Waals surface area (Å²) >= 11 is 2.79. The van der Waals surface area contributed by atoms with Crippen LogP contribution in [0.25, 0.3) is 11.1 Å². The van der Waals surface area contributed by atoms with E-state index in [0.717, 1.165) is 22.4 Å². The Bertz CT molecular complexity index is 1150. The minimum absolute atomic E-state index is 0.201. The van der Waals surface area contributed by atoms with Crippen LogP contribution in [0.4, 0.5) is 0 Å². The predicted molar refractivity (Wildman–Crippen MR) is 156 cm³/mol. The molecular formula is C29H37N3O6S2. The summed E-state index contributed by atoms with van der Waals surface area (Å²) in [5, 5.41) is 38.3. The molecule has 5 rings (SSSR count). The lowest BCUT2D eigenvalue weighted by molar-refractivity contribution is -0.205. The molecule has 0 radical (unpaired) electrons. The molecule has 5 N–H and O–H groups in total. The van der Waals surface area contributed by atoms with Crippen LogP contribution < -0.4 is 10.6 Å². The normalized spacial score (nSPS) is 33.5. The Balaban J connectivity index is 1.36. The number of aliphatic hydroxyl groups is 3. The van der Waals surface area contributed by atoms with E-state index in [2.05, 4.69) is 21.7 Å². The second kappa shape index (κ2) is 13.3. The highest BCUT2D eigenvalue weighted by Gasteiger charge is 2.49. The van der Waals surface area contributed by atoms with Crippen LogP contribution in [0.15, 0.2) is 65.8 Å². The van der Waals surface area contributed by atoms with Crippen molar-refractivity contribution in [1.29, 1.82) is 0 Å². The SMILES string of the molecule is CSC1O[C@H]([C@H](NC(=O)[C@H]2NC[C@@H]3CC=CCO[C@H]32)[C@H](C)Sc2ccc(-c3cccnc3)cc2)[C@@H](O)C(O)[C@H]1O. The summed E-state index contributed by atoms with van der Waals surface area (Å²) in [6.07, 6.45) is 5.00. The number of nitrogens with zero attached hydrogens (tertiary/aromatic N) is 1. The van der Waals surface area contributed by atoms with Crippen molar-refractivity contribution >= 4 is 29.4 Å². The first-order valence-electron chi connectivity index (χ1n) is 13.6. The Morgan fingerprint density at radius 2 is 1.90 bits per heavy atom. The number of nitrogens with one attached hydrogen (secondary N) is 2. The molecular weight excluding hydrogens is 550 g/mol. The summed E-state index contributed by atoms with van der Waals surface area (Å²) in [5.74, 6) is -0.0386. The summed E-state index contributed by atoms with van der Waals surface area (Å²) in [4.78, 5) is 18.8. The van der Waals surface area contributed by atoms with Crippen molar-refractivity contribution in [2.24, 2.45) is 5.92 Å². The highest BCUT2D eigenvalue weighted by atomic mass is 32.2. The smallest absolute Gasteiger partial charge is 0.240 e. The van der Waals surface area contributed by atoms with Crippen LogP contribution in [-0.4, -0.2) is 98.9 Å². The molecule has 1 amide bonds. The molecule has 3 aliphatic heterocycles. The van der Waals surface area contributed by atoms with Gasteiger partial charge in [0.05, 0.1) is 18.8 Å². The van der Waals surface area contributed by atoms with Crippen molar-refractivity contribution in [3.8, 4) is 11.1 Å². The monoisotopic (exact) mass is 587 g/mol. The van der Waals surface area contributed by atoms with E-state index in [9.17, 15) is 20.1 Å². The number of benzene rings is 1. The van der Waals surface area contributed by atoms with E-state index in [1.165, 1.54) is 23.5 Å². The molecule has 2 fully saturated rings. The molecule has 0 aliphatic carbocycles. The first kappa shape index (κ1) is 29.5. The van der Waals surface area contributed by atoms with Gasteiger partial charge in [-0.3, -0.25) is 9.78 Å². The van der Waals surface area contributed by atoms with Crippen LogP contribution in [0, 0.1) is 5.92 Å².